The zero-order chi connectivity index (χ0) is 26.2. The molecule has 0 N–H and O–H groups in total. The molecule has 0 aromatic heterocycles. The van der Waals surface area contributed by atoms with Gasteiger partial charge in [0.25, 0.3) is 5.91 Å². The van der Waals surface area contributed by atoms with Gasteiger partial charge in [0.05, 0.1) is 37.0 Å². The van der Waals surface area contributed by atoms with Crippen LogP contribution in [-0.4, -0.2) is 61.5 Å². The summed E-state index contributed by atoms with van der Waals surface area (Å²) < 4.78 is 11.1. The van der Waals surface area contributed by atoms with Gasteiger partial charge in [0, 0.05) is 43.3 Å². The van der Waals surface area contributed by atoms with Gasteiger partial charge in [0.2, 0.25) is 0 Å². The van der Waals surface area contributed by atoms with E-state index in [9.17, 15) is 9.59 Å². The maximum atomic E-state index is 12.9. The molecule has 8 heteroatoms. The second kappa shape index (κ2) is 12.5. The Labute approximate surface area is 221 Å². The molecule has 1 aliphatic rings. The lowest BCUT2D eigenvalue weighted by Gasteiger charge is -2.36. The Balaban J connectivity index is 1.38. The highest BCUT2D eigenvalue weighted by Crippen LogP contribution is 2.24. The smallest absolute Gasteiger partial charge is 0.337 e. The fourth-order valence-electron chi connectivity index (χ4n) is 4.26. The number of benzene rings is 3. The van der Waals surface area contributed by atoms with E-state index in [4.69, 9.17) is 26.3 Å². The first-order valence-electron chi connectivity index (χ1n) is 12.0. The predicted octanol–water partition coefficient (Wildman–Crippen LogP) is 4.71. The minimum absolute atomic E-state index is 0.0577. The maximum Gasteiger partial charge on any atom is 0.337 e. The Morgan fingerprint density at radius 2 is 1.68 bits per heavy atom. The lowest BCUT2D eigenvalue weighted by Crippen LogP contribution is -2.49. The van der Waals surface area contributed by atoms with Gasteiger partial charge >= 0.3 is 5.97 Å². The Morgan fingerprint density at radius 3 is 2.32 bits per heavy atom. The summed E-state index contributed by atoms with van der Waals surface area (Å²) in [6.07, 6.45) is -0.202. The molecule has 1 amide bonds. The van der Waals surface area contributed by atoms with Crippen LogP contribution in [0.5, 0.6) is 0 Å². The molecule has 1 atom stereocenters. The normalized spacial score (nSPS) is 14.6. The number of carbonyl (C=O) groups excluding carboxylic acids is 2. The van der Waals surface area contributed by atoms with Crippen LogP contribution in [0.15, 0.2) is 72.8 Å². The number of nitriles is 1. The molecule has 4 rings (SSSR count). The van der Waals surface area contributed by atoms with Gasteiger partial charge in [-0.25, -0.2) is 4.79 Å². The van der Waals surface area contributed by atoms with Gasteiger partial charge < -0.3 is 14.4 Å². The first-order chi connectivity index (χ1) is 18.0. The van der Waals surface area contributed by atoms with Crippen LogP contribution in [0.1, 0.15) is 43.5 Å². The maximum absolute atomic E-state index is 12.9. The van der Waals surface area contributed by atoms with Crippen LogP contribution in [0.4, 0.5) is 0 Å². The molecule has 1 heterocycles. The molecule has 1 aliphatic heterocycles. The number of nitrogens with zero attached hydrogens (tertiary/aromatic N) is 3. The van der Waals surface area contributed by atoms with Crippen molar-refractivity contribution in [1.82, 2.24) is 9.80 Å². The topological polar surface area (TPSA) is 82.9 Å². The van der Waals surface area contributed by atoms with Crippen molar-refractivity contribution >= 4 is 23.5 Å². The number of methoxy groups -OCH3 is 1. The van der Waals surface area contributed by atoms with Crippen LogP contribution < -0.4 is 0 Å². The van der Waals surface area contributed by atoms with E-state index in [1.54, 1.807) is 36.4 Å². The number of hydrogen-bond donors (Lipinski definition) is 0. The van der Waals surface area contributed by atoms with Gasteiger partial charge in [0.1, 0.15) is 0 Å². The minimum Gasteiger partial charge on any atom is -0.465 e. The molecule has 1 saturated heterocycles. The Hall–Kier alpha value is -3.70. The number of halogens is 1. The highest BCUT2D eigenvalue weighted by molar-refractivity contribution is 6.30. The zero-order valence-corrected chi connectivity index (χ0v) is 21.4. The van der Waals surface area contributed by atoms with Crippen LogP contribution in [-0.2, 0) is 16.1 Å². The van der Waals surface area contributed by atoms with E-state index in [0.717, 1.165) is 11.1 Å². The number of hydrogen-bond acceptors (Lipinski definition) is 6. The van der Waals surface area contributed by atoms with Gasteiger partial charge in [-0.1, -0.05) is 41.9 Å². The SMILES string of the molecule is COC(=O)c1ccc(COC(CN2CCN(C(=O)c3cccc(C#N)c3)CC2)c2ccc(Cl)cc2)cc1. The van der Waals surface area contributed by atoms with Crippen molar-refractivity contribution in [2.75, 3.05) is 39.8 Å². The number of carbonyl (C=O) groups is 2. The highest BCUT2D eigenvalue weighted by Gasteiger charge is 2.25. The first-order valence-corrected chi connectivity index (χ1v) is 12.4. The van der Waals surface area contributed by atoms with E-state index >= 15 is 0 Å². The second-order valence-corrected chi connectivity index (χ2v) is 9.26. The zero-order valence-electron chi connectivity index (χ0n) is 20.6. The van der Waals surface area contributed by atoms with Crippen molar-refractivity contribution in [1.29, 1.82) is 5.26 Å². The largest absolute Gasteiger partial charge is 0.465 e. The van der Waals surface area contributed by atoms with Crippen molar-refractivity contribution in [2.45, 2.75) is 12.7 Å². The fraction of sp³-hybridized carbons (Fsp3) is 0.276. The third kappa shape index (κ3) is 6.95. The molecule has 0 bridgehead atoms. The molecule has 7 nitrogen and oxygen atoms in total. The molecular formula is C29H28ClN3O4. The summed E-state index contributed by atoms with van der Waals surface area (Å²) in [7, 11) is 1.36. The first kappa shape index (κ1) is 26.4. The molecule has 1 unspecified atom stereocenters. The number of ether oxygens (including phenoxy) is 2. The third-order valence-electron chi connectivity index (χ3n) is 6.39. The number of esters is 1. The average molecular weight is 518 g/mol. The van der Waals surface area contributed by atoms with Crippen molar-refractivity contribution in [3.63, 3.8) is 0 Å². The summed E-state index contributed by atoms with van der Waals surface area (Å²) in [6.45, 7) is 3.65. The summed E-state index contributed by atoms with van der Waals surface area (Å²) in [5.74, 6) is -0.431. The van der Waals surface area contributed by atoms with Crippen LogP contribution in [0.3, 0.4) is 0 Å². The lowest BCUT2D eigenvalue weighted by molar-refractivity contribution is 0.00340. The fourth-order valence-corrected chi connectivity index (χ4v) is 4.38. The molecular weight excluding hydrogens is 490 g/mol. The summed E-state index contributed by atoms with van der Waals surface area (Å²) in [4.78, 5) is 28.7. The van der Waals surface area contributed by atoms with Crippen LogP contribution in [0, 0.1) is 11.3 Å². The van der Waals surface area contributed by atoms with E-state index in [2.05, 4.69) is 11.0 Å². The summed E-state index contributed by atoms with van der Waals surface area (Å²) in [5.41, 5.74) is 3.47. The van der Waals surface area contributed by atoms with E-state index < -0.39 is 0 Å². The number of rotatable bonds is 8. The molecule has 190 valence electrons. The predicted molar refractivity (Wildman–Crippen MR) is 140 cm³/mol. The van der Waals surface area contributed by atoms with E-state index in [0.29, 0.717) is 61.0 Å². The Bertz CT molecular complexity index is 1260. The van der Waals surface area contributed by atoms with Crippen LogP contribution in [0.25, 0.3) is 0 Å². The van der Waals surface area contributed by atoms with E-state index in [1.165, 1.54) is 7.11 Å². The second-order valence-electron chi connectivity index (χ2n) is 8.83. The highest BCUT2D eigenvalue weighted by atomic mass is 35.5. The molecule has 37 heavy (non-hydrogen) atoms. The summed E-state index contributed by atoms with van der Waals surface area (Å²) in [6, 6.07) is 23.7. The molecule has 3 aromatic carbocycles. The number of piperazine rings is 1. The van der Waals surface area contributed by atoms with Gasteiger partial charge in [-0.05, 0) is 53.6 Å². The Kier molecular flexibility index (Phi) is 8.91. The van der Waals surface area contributed by atoms with Gasteiger partial charge in [0.15, 0.2) is 0 Å². The molecule has 0 aliphatic carbocycles. The lowest BCUT2D eigenvalue weighted by atomic mass is 10.1. The molecule has 0 saturated carbocycles. The van der Waals surface area contributed by atoms with E-state index in [1.807, 2.05) is 41.3 Å². The molecule has 1 fully saturated rings. The molecule has 3 aromatic rings. The standard InChI is InChI=1S/C29H28ClN3O4/c1-36-29(35)24-7-5-21(6-8-24)20-37-27(23-9-11-26(30)12-10-23)19-32-13-15-33(16-14-32)28(34)25-4-2-3-22(17-25)18-31/h2-12,17,27H,13-16,19-20H2,1H3. The van der Waals surface area contributed by atoms with Crippen molar-refractivity contribution in [2.24, 2.45) is 0 Å². The quantitative estimate of drug-likeness (QED) is 0.402. The molecule has 0 radical (unpaired) electrons. The summed E-state index contributed by atoms with van der Waals surface area (Å²) in [5, 5.41) is 9.78. The average Bonchev–Trinajstić information content (AvgIpc) is 2.95. The van der Waals surface area contributed by atoms with Gasteiger partial charge in [-0.2, -0.15) is 5.26 Å². The van der Waals surface area contributed by atoms with Crippen molar-refractivity contribution in [3.8, 4) is 6.07 Å². The van der Waals surface area contributed by atoms with Crippen molar-refractivity contribution < 1.29 is 19.1 Å². The third-order valence-corrected chi connectivity index (χ3v) is 6.64. The van der Waals surface area contributed by atoms with Crippen LogP contribution in [0.2, 0.25) is 5.02 Å². The Morgan fingerprint density at radius 1 is 0.973 bits per heavy atom. The minimum atomic E-state index is -0.373. The monoisotopic (exact) mass is 517 g/mol. The molecule has 0 spiro atoms. The van der Waals surface area contributed by atoms with Crippen molar-refractivity contribution in [3.05, 3.63) is 106 Å². The number of amides is 1. The summed E-state index contributed by atoms with van der Waals surface area (Å²) >= 11 is 6.10. The van der Waals surface area contributed by atoms with Gasteiger partial charge in [-0.3, -0.25) is 9.69 Å². The van der Waals surface area contributed by atoms with E-state index in [-0.39, 0.29) is 18.0 Å². The van der Waals surface area contributed by atoms with Crippen LogP contribution >= 0.6 is 11.6 Å². The van der Waals surface area contributed by atoms with Gasteiger partial charge in [-0.15, -0.1) is 0 Å².